The number of carboxylic acid groups (broad SMARTS) is 1. The van der Waals surface area contributed by atoms with E-state index in [1.54, 1.807) is 0 Å². The smallest absolute Gasteiger partial charge is 0.320 e. The molecule has 13 heavy (non-hydrogen) atoms. The second-order valence-electron chi connectivity index (χ2n) is 3.42. The fourth-order valence-electron chi connectivity index (χ4n) is 1.08. The third-order valence-electron chi connectivity index (χ3n) is 2.21. The molecule has 0 saturated heterocycles. The first-order chi connectivity index (χ1) is 6.07. The lowest BCUT2D eigenvalue weighted by Crippen LogP contribution is -2.29. The fraction of sp³-hybridized carbons (Fsp3) is 0.889. The summed E-state index contributed by atoms with van der Waals surface area (Å²) < 4.78 is 0. The van der Waals surface area contributed by atoms with Crippen molar-refractivity contribution in [3.05, 3.63) is 0 Å². The molecule has 0 heterocycles. The number of carboxylic acids is 1. The van der Waals surface area contributed by atoms with Crippen LogP contribution in [0.25, 0.3) is 0 Å². The van der Waals surface area contributed by atoms with E-state index >= 15 is 0 Å². The molecule has 0 spiro atoms. The lowest BCUT2D eigenvalue weighted by molar-refractivity contribution is -0.138. The van der Waals surface area contributed by atoms with Crippen molar-refractivity contribution in [1.82, 2.24) is 5.32 Å². The molecule has 0 aromatic carbocycles. The summed E-state index contributed by atoms with van der Waals surface area (Å²) in [5, 5.41) is 11.6. The standard InChI is InChI=1S/C9H20N2O2/c1-7(11-2)5-3-4-6-8(10)9(12)13/h7-8,11H,3-6,10H2,1-2H3,(H,12,13)/t7-,8+/m0/s1. The van der Waals surface area contributed by atoms with Crippen molar-refractivity contribution in [3.8, 4) is 0 Å². The minimum absolute atomic E-state index is 0.501. The predicted octanol–water partition coefficient (Wildman–Crippen LogP) is 0.567. The molecule has 4 heteroatoms. The molecule has 0 bridgehead atoms. The summed E-state index contributed by atoms with van der Waals surface area (Å²) in [5.41, 5.74) is 5.35. The summed E-state index contributed by atoms with van der Waals surface area (Å²) in [6.07, 6.45) is 3.57. The number of hydrogen-bond acceptors (Lipinski definition) is 3. The highest BCUT2D eigenvalue weighted by Crippen LogP contribution is 2.04. The predicted molar refractivity (Wildman–Crippen MR) is 52.6 cm³/mol. The number of unbranched alkanes of at least 4 members (excludes halogenated alkanes) is 1. The first-order valence-electron chi connectivity index (χ1n) is 4.73. The summed E-state index contributed by atoms with van der Waals surface area (Å²) in [6.45, 7) is 2.11. The fourth-order valence-corrected chi connectivity index (χ4v) is 1.08. The van der Waals surface area contributed by atoms with E-state index in [0.717, 1.165) is 19.3 Å². The van der Waals surface area contributed by atoms with Crippen molar-refractivity contribution in [2.45, 2.75) is 44.7 Å². The zero-order chi connectivity index (χ0) is 10.3. The summed E-state index contributed by atoms with van der Waals surface area (Å²) in [4.78, 5) is 10.3. The maximum absolute atomic E-state index is 10.3. The van der Waals surface area contributed by atoms with Crippen molar-refractivity contribution in [1.29, 1.82) is 0 Å². The number of aliphatic carboxylic acids is 1. The second kappa shape index (κ2) is 6.86. The molecule has 0 unspecified atom stereocenters. The van der Waals surface area contributed by atoms with Crippen molar-refractivity contribution in [2.75, 3.05) is 7.05 Å². The van der Waals surface area contributed by atoms with E-state index in [1.807, 2.05) is 7.05 Å². The monoisotopic (exact) mass is 188 g/mol. The molecule has 0 aromatic heterocycles. The number of hydrogen-bond donors (Lipinski definition) is 3. The molecule has 0 aliphatic carbocycles. The van der Waals surface area contributed by atoms with Gasteiger partial charge in [-0.05, 0) is 26.8 Å². The molecular weight excluding hydrogens is 168 g/mol. The Kier molecular flexibility index (Phi) is 6.54. The van der Waals surface area contributed by atoms with Crippen LogP contribution in [0.5, 0.6) is 0 Å². The zero-order valence-electron chi connectivity index (χ0n) is 8.42. The molecule has 0 aromatic rings. The van der Waals surface area contributed by atoms with Crippen LogP contribution in [0.1, 0.15) is 32.6 Å². The van der Waals surface area contributed by atoms with Gasteiger partial charge < -0.3 is 16.2 Å². The second-order valence-corrected chi connectivity index (χ2v) is 3.42. The molecule has 4 N–H and O–H groups in total. The SMILES string of the molecule is CN[C@@H](C)CCCC[C@@H](N)C(=O)O. The third-order valence-corrected chi connectivity index (χ3v) is 2.21. The Bertz CT molecular complexity index is 151. The summed E-state index contributed by atoms with van der Waals surface area (Å²) in [7, 11) is 1.92. The maximum Gasteiger partial charge on any atom is 0.320 e. The van der Waals surface area contributed by atoms with Crippen LogP contribution in [-0.4, -0.2) is 30.2 Å². The van der Waals surface area contributed by atoms with Gasteiger partial charge in [0.15, 0.2) is 0 Å². The summed E-state index contributed by atoms with van der Waals surface area (Å²) in [6, 6.07) is -0.189. The van der Waals surface area contributed by atoms with Crippen molar-refractivity contribution in [2.24, 2.45) is 5.73 Å². The van der Waals surface area contributed by atoms with Crippen molar-refractivity contribution >= 4 is 5.97 Å². The van der Waals surface area contributed by atoms with Crippen LogP contribution < -0.4 is 11.1 Å². The Morgan fingerprint density at radius 3 is 2.46 bits per heavy atom. The lowest BCUT2D eigenvalue weighted by atomic mass is 10.1. The molecular formula is C9H20N2O2. The van der Waals surface area contributed by atoms with Gasteiger partial charge >= 0.3 is 5.97 Å². The molecule has 0 saturated carbocycles. The average molecular weight is 188 g/mol. The highest BCUT2D eigenvalue weighted by atomic mass is 16.4. The van der Waals surface area contributed by atoms with Crippen molar-refractivity contribution in [3.63, 3.8) is 0 Å². The van der Waals surface area contributed by atoms with E-state index in [4.69, 9.17) is 10.8 Å². The Hall–Kier alpha value is -0.610. The molecule has 0 radical (unpaired) electrons. The minimum atomic E-state index is -0.901. The number of rotatable bonds is 7. The first kappa shape index (κ1) is 12.4. The quantitative estimate of drug-likeness (QED) is 0.510. The van der Waals surface area contributed by atoms with E-state index in [-0.39, 0.29) is 0 Å². The minimum Gasteiger partial charge on any atom is -0.480 e. The number of nitrogens with two attached hydrogens (primary N) is 1. The van der Waals surface area contributed by atoms with Crippen molar-refractivity contribution < 1.29 is 9.90 Å². The molecule has 78 valence electrons. The molecule has 0 aliphatic rings. The van der Waals surface area contributed by atoms with Crippen LogP contribution in [0.3, 0.4) is 0 Å². The van der Waals surface area contributed by atoms with Crippen LogP contribution in [0.2, 0.25) is 0 Å². The van der Waals surface area contributed by atoms with E-state index < -0.39 is 12.0 Å². The molecule has 0 amide bonds. The van der Waals surface area contributed by atoms with E-state index in [9.17, 15) is 4.79 Å². The largest absolute Gasteiger partial charge is 0.480 e. The average Bonchev–Trinajstić information content (AvgIpc) is 2.11. The molecule has 2 atom stereocenters. The van der Waals surface area contributed by atoms with Gasteiger partial charge in [0.2, 0.25) is 0 Å². The van der Waals surface area contributed by atoms with Gasteiger partial charge in [-0.1, -0.05) is 12.8 Å². The van der Waals surface area contributed by atoms with E-state index in [1.165, 1.54) is 0 Å². The normalized spacial score (nSPS) is 15.3. The Morgan fingerprint density at radius 2 is 2.00 bits per heavy atom. The van der Waals surface area contributed by atoms with Gasteiger partial charge in [0.05, 0.1) is 0 Å². The van der Waals surface area contributed by atoms with Crippen LogP contribution in [0.15, 0.2) is 0 Å². The van der Waals surface area contributed by atoms with Gasteiger partial charge in [0.1, 0.15) is 6.04 Å². The molecule has 0 aliphatic heterocycles. The molecule has 0 fully saturated rings. The third kappa shape index (κ3) is 6.54. The van der Waals surface area contributed by atoms with Crippen LogP contribution in [0.4, 0.5) is 0 Å². The van der Waals surface area contributed by atoms with Gasteiger partial charge in [-0.2, -0.15) is 0 Å². The highest BCUT2D eigenvalue weighted by molar-refractivity contribution is 5.72. The van der Waals surface area contributed by atoms with Crippen LogP contribution >= 0.6 is 0 Å². The molecule has 0 rings (SSSR count). The Balaban J connectivity index is 3.30. The zero-order valence-corrected chi connectivity index (χ0v) is 8.42. The van der Waals surface area contributed by atoms with E-state index in [0.29, 0.717) is 12.5 Å². The maximum atomic E-state index is 10.3. The number of carbonyl (C=O) groups is 1. The van der Waals surface area contributed by atoms with Gasteiger partial charge in [-0.3, -0.25) is 4.79 Å². The summed E-state index contributed by atoms with van der Waals surface area (Å²) in [5.74, 6) is -0.901. The molecule has 4 nitrogen and oxygen atoms in total. The van der Waals surface area contributed by atoms with Gasteiger partial charge in [-0.25, -0.2) is 0 Å². The van der Waals surface area contributed by atoms with Crippen LogP contribution in [0, 0.1) is 0 Å². The number of nitrogens with one attached hydrogen (secondary N) is 1. The highest BCUT2D eigenvalue weighted by Gasteiger charge is 2.10. The van der Waals surface area contributed by atoms with Gasteiger partial charge in [0, 0.05) is 6.04 Å². The topological polar surface area (TPSA) is 75.3 Å². The summed E-state index contributed by atoms with van der Waals surface area (Å²) >= 11 is 0. The van der Waals surface area contributed by atoms with Crippen LogP contribution in [-0.2, 0) is 4.79 Å². The van der Waals surface area contributed by atoms with E-state index in [2.05, 4.69) is 12.2 Å². The Labute approximate surface area is 79.5 Å². The lowest BCUT2D eigenvalue weighted by Gasteiger charge is -2.10. The van der Waals surface area contributed by atoms with Gasteiger partial charge in [-0.15, -0.1) is 0 Å². The first-order valence-corrected chi connectivity index (χ1v) is 4.73. The van der Waals surface area contributed by atoms with Gasteiger partial charge in [0.25, 0.3) is 0 Å². The Morgan fingerprint density at radius 1 is 1.46 bits per heavy atom.